The van der Waals surface area contributed by atoms with Gasteiger partial charge >= 0.3 is 0 Å². The molecule has 0 bridgehead atoms. The summed E-state index contributed by atoms with van der Waals surface area (Å²) >= 11 is 0. The van der Waals surface area contributed by atoms with Crippen LogP contribution >= 0.6 is 0 Å². The van der Waals surface area contributed by atoms with Crippen LogP contribution in [0.3, 0.4) is 0 Å². The quantitative estimate of drug-likeness (QED) is 0.899. The first kappa shape index (κ1) is 13.5. The van der Waals surface area contributed by atoms with Gasteiger partial charge in [0, 0.05) is 35.6 Å². The molecule has 2 aliphatic carbocycles. The Morgan fingerprint density at radius 3 is 2.95 bits per heavy atom. The molecule has 3 fully saturated rings. The molecule has 0 radical (unpaired) electrons. The van der Waals surface area contributed by atoms with Crippen molar-refractivity contribution in [2.24, 2.45) is 11.3 Å². The van der Waals surface area contributed by atoms with E-state index in [0.29, 0.717) is 29.0 Å². The number of fused-ring (bicyclic) bond motifs is 2. The number of nitrogens with one attached hydrogen (secondary N) is 1. The Bertz CT molecular complexity index is 558. The summed E-state index contributed by atoms with van der Waals surface area (Å²) in [7, 11) is 0. The third kappa shape index (κ3) is 1.85. The number of benzene rings is 1. The smallest absolute Gasteiger partial charge is 0.123 e. The fourth-order valence-corrected chi connectivity index (χ4v) is 4.73. The molecule has 3 nitrogen and oxygen atoms in total. The van der Waals surface area contributed by atoms with E-state index in [-0.39, 0.29) is 17.6 Å². The molecule has 114 valence electrons. The lowest BCUT2D eigenvalue weighted by atomic mass is 9.46. The number of ether oxygens (including phenoxy) is 1. The van der Waals surface area contributed by atoms with Crippen LogP contribution in [-0.4, -0.2) is 23.9 Å². The molecule has 1 aliphatic heterocycles. The standard InChI is InChI=1S/C17H22FNO2/c1-10(13-9-11(18)3-4-14(13)20)19-15-12-5-8-21-16(12)17(15)6-2-7-17/h3-4,9-10,12,15-16,19-20H,2,5-8H2,1H3/t10-,12-,15+,16+/m0/s1. The van der Waals surface area contributed by atoms with E-state index in [0.717, 1.165) is 13.0 Å². The van der Waals surface area contributed by atoms with E-state index in [1.807, 2.05) is 6.92 Å². The summed E-state index contributed by atoms with van der Waals surface area (Å²) < 4.78 is 19.3. The second kappa shape index (κ2) is 4.68. The first-order valence-corrected chi connectivity index (χ1v) is 7.98. The highest BCUT2D eigenvalue weighted by molar-refractivity contribution is 5.35. The van der Waals surface area contributed by atoms with Gasteiger partial charge in [-0.3, -0.25) is 0 Å². The molecule has 1 aromatic rings. The fraction of sp³-hybridized carbons (Fsp3) is 0.647. The Labute approximate surface area is 124 Å². The van der Waals surface area contributed by atoms with Gasteiger partial charge in [0.25, 0.3) is 0 Å². The topological polar surface area (TPSA) is 41.5 Å². The maximum Gasteiger partial charge on any atom is 0.123 e. The molecule has 1 heterocycles. The van der Waals surface area contributed by atoms with Gasteiger partial charge in [0.1, 0.15) is 11.6 Å². The monoisotopic (exact) mass is 291 g/mol. The molecule has 0 aromatic heterocycles. The molecule has 2 saturated carbocycles. The average Bonchev–Trinajstić information content (AvgIpc) is 2.82. The highest BCUT2D eigenvalue weighted by atomic mass is 19.1. The van der Waals surface area contributed by atoms with E-state index in [9.17, 15) is 9.50 Å². The maximum atomic E-state index is 13.4. The number of halogens is 1. The van der Waals surface area contributed by atoms with Gasteiger partial charge in [-0.15, -0.1) is 0 Å². The van der Waals surface area contributed by atoms with Gasteiger partial charge in [-0.25, -0.2) is 4.39 Å². The normalized spacial score (nSPS) is 34.1. The number of phenols is 1. The number of aromatic hydroxyl groups is 1. The van der Waals surface area contributed by atoms with Gasteiger partial charge in [-0.2, -0.15) is 0 Å². The molecule has 1 spiro atoms. The lowest BCUT2D eigenvalue weighted by Crippen LogP contribution is -2.71. The van der Waals surface area contributed by atoms with Gasteiger partial charge in [0.05, 0.1) is 6.10 Å². The minimum Gasteiger partial charge on any atom is -0.508 e. The minimum atomic E-state index is -0.300. The zero-order chi connectivity index (χ0) is 14.6. The second-order valence-electron chi connectivity index (χ2n) is 6.90. The number of hydrogen-bond acceptors (Lipinski definition) is 3. The third-order valence-corrected chi connectivity index (χ3v) is 5.92. The second-order valence-corrected chi connectivity index (χ2v) is 6.90. The molecule has 4 atom stereocenters. The van der Waals surface area contributed by atoms with Crippen LogP contribution in [0.25, 0.3) is 0 Å². The van der Waals surface area contributed by atoms with Crippen molar-refractivity contribution < 1.29 is 14.2 Å². The van der Waals surface area contributed by atoms with Crippen LogP contribution < -0.4 is 5.32 Å². The van der Waals surface area contributed by atoms with Crippen molar-refractivity contribution in [3.8, 4) is 5.75 Å². The first-order chi connectivity index (χ1) is 10.1. The third-order valence-electron chi connectivity index (χ3n) is 5.92. The van der Waals surface area contributed by atoms with Gasteiger partial charge < -0.3 is 15.2 Å². The van der Waals surface area contributed by atoms with Crippen molar-refractivity contribution in [2.45, 2.75) is 50.8 Å². The van der Waals surface area contributed by atoms with Crippen LogP contribution in [0.15, 0.2) is 18.2 Å². The summed E-state index contributed by atoms with van der Waals surface area (Å²) in [5, 5.41) is 13.6. The largest absolute Gasteiger partial charge is 0.508 e. The average molecular weight is 291 g/mol. The van der Waals surface area contributed by atoms with Crippen LogP contribution in [0.5, 0.6) is 5.75 Å². The number of hydrogen-bond donors (Lipinski definition) is 2. The first-order valence-electron chi connectivity index (χ1n) is 7.98. The van der Waals surface area contributed by atoms with E-state index in [1.165, 1.54) is 37.5 Å². The van der Waals surface area contributed by atoms with Crippen LogP contribution in [0.4, 0.5) is 4.39 Å². The summed E-state index contributed by atoms with van der Waals surface area (Å²) in [5.41, 5.74) is 0.949. The predicted molar refractivity (Wildman–Crippen MR) is 77.5 cm³/mol. The van der Waals surface area contributed by atoms with Gasteiger partial charge in [-0.05, 0) is 44.4 Å². The molecular weight excluding hydrogens is 269 g/mol. The predicted octanol–water partition coefficient (Wildman–Crippen LogP) is 3.14. The maximum absolute atomic E-state index is 13.4. The molecule has 21 heavy (non-hydrogen) atoms. The Morgan fingerprint density at radius 1 is 1.43 bits per heavy atom. The molecule has 3 aliphatic rings. The van der Waals surface area contributed by atoms with Crippen molar-refractivity contribution in [1.29, 1.82) is 0 Å². The zero-order valence-corrected chi connectivity index (χ0v) is 12.3. The molecule has 1 saturated heterocycles. The van der Waals surface area contributed by atoms with E-state index in [1.54, 1.807) is 0 Å². The van der Waals surface area contributed by atoms with Crippen molar-refractivity contribution in [3.63, 3.8) is 0 Å². The van der Waals surface area contributed by atoms with Crippen molar-refractivity contribution >= 4 is 0 Å². The molecule has 0 unspecified atom stereocenters. The fourth-order valence-electron chi connectivity index (χ4n) is 4.73. The zero-order valence-electron chi connectivity index (χ0n) is 12.3. The van der Waals surface area contributed by atoms with Crippen LogP contribution in [-0.2, 0) is 4.74 Å². The highest BCUT2D eigenvalue weighted by Gasteiger charge is 2.66. The van der Waals surface area contributed by atoms with Crippen molar-refractivity contribution in [1.82, 2.24) is 5.32 Å². The Balaban J connectivity index is 1.54. The molecule has 4 rings (SSSR count). The molecule has 4 heteroatoms. The number of rotatable bonds is 3. The van der Waals surface area contributed by atoms with Crippen LogP contribution in [0.1, 0.15) is 44.2 Å². The molecular formula is C17H22FNO2. The van der Waals surface area contributed by atoms with Crippen molar-refractivity contribution in [3.05, 3.63) is 29.6 Å². The lowest BCUT2D eigenvalue weighted by molar-refractivity contribution is -0.178. The van der Waals surface area contributed by atoms with Crippen LogP contribution in [0.2, 0.25) is 0 Å². The van der Waals surface area contributed by atoms with Gasteiger partial charge in [0.2, 0.25) is 0 Å². The Kier molecular flexibility index (Phi) is 3.02. The summed E-state index contributed by atoms with van der Waals surface area (Å²) in [5.74, 6) is 0.451. The van der Waals surface area contributed by atoms with Gasteiger partial charge in [0.15, 0.2) is 0 Å². The lowest BCUT2D eigenvalue weighted by Gasteiger charge is -2.64. The van der Waals surface area contributed by atoms with E-state index in [4.69, 9.17) is 4.74 Å². The van der Waals surface area contributed by atoms with Gasteiger partial charge in [-0.1, -0.05) is 6.42 Å². The summed E-state index contributed by atoms with van der Waals surface area (Å²) in [4.78, 5) is 0. The summed E-state index contributed by atoms with van der Waals surface area (Å²) in [6.45, 7) is 2.87. The van der Waals surface area contributed by atoms with Crippen LogP contribution in [0, 0.1) is 17.2 Å². The summed E-state index contributed by atoms with van der Waals surface area (Å²) in [6.07, 6.45) is 5.29. The van der Waals surface area contributed by atoms with E-state index < -0.39 is 0 Å². The minimum absolute atomic E-state index is 0.0512. The molecule has 1 aromatic carbocycles. The Morgan fingerprint density at radius 2 is 2.24 bits per heavy atom. The SMILES string of the molecule is C[C@H](N[C@@H]1[C@@H]2CCO[C@H]2C12CCC2)c1cc(F)ccc1O. The van der Waals surface area contributed by atoms with Crippen molar-refractivity contribution in [2.75, 3.05) is 6.61 Å². The highest BCUT2D eigenvalue weighted by Crippen LogP contribution is 2.63. The Hall–Kier alpha value is -1.13. The van der Waals surface area contributed by atoms with E-state index in [2.05, 4.69) is 5.32 Å². The van der Waals surface area contributed by atoms with E-state index >= 15 is 0 Å². The molecule has 2 N–H and O–H groups in total. The summed E-state index contributed by atoms with van der Waals surface area (Å²) in [6, 6.07) is 4.55. The number of phenolic OH excluding ortho intramolecular Hbond substituents is 1. The molecule has 0 amide bonds.